The lowest BCUT2D eigenvalue weighted by Gasteiger charge is -2.22. The summed E-state index contributed by atoms with van der Waals surface area (Å²) in [6.07, 6.45) is 2.32. The molecule has 1 spiro atoms. The minimum absolute atomic E-state index is 0.0673. The zero-order valence-electron chi connectivity index (χ0n) is 7.56. The number of ether oxygens (including phenoxy) is 1. The third-order valence-corrected chi connectivity index (χ3v) is 2.93. The Kier molecular flexibility index (Phi) is 1.28. The van der Waals surface area contributed by atoms with Gasteiger partial charge >= 0.3 is 5.97 Å². The second-order valence-corrected chi connectivity index (χ2v) is 4.12. The average molecular weight is 194 g/mol. The third kappa shape index (κ3) is 1.01. The average Bonchev–Trinajstić information content (AvgIpc) is 2.76. The first-order chi connectivity index (χ1) is 6.69. The third-order valence-electron chi connectivity index (χ3n) is 2.93. The van der Waals surface area contributed by atoms with Gasteiger partial charge in [0.1, 0.15) is 0 Å². The number of hydrogen-bond donors (Lipinski definition) is 1. The molecular weight excluding hydrogens is 184 g/mol. The lowest BCUT2D eigenvalue weighted by atomic mass is 10.1. The minimum Gasteiger partial charge on any atom is -0.477 e. The van der Waals surface area contributed by atoms with Crippen LogP contribution in [0, 0.1) is 5.41 Å². The molecule has 0 saturated heterocycles. The molecule has 2 heterocycles. The molecule has 0 unspecified atom stereocenters. The molecule has 5 heteroatoms. The van der Waals surface area contributed by atoms with Crippen LogP contribution in [0.1, 0.15) is 23.3 Å². The fraction of sp³-hybridized carbons (Fsp3) is 0.556. The summed E-state index contributed by atoms with van der Waals surface area (Å²) in [5.74, 6) is -0.416. The smallest absolute Gasteiger partial charge is 0.356 e. The molecule has 5 nitrogen and oxygen atoms in total. The van der Waals surface area contributed by atoms with Gasteiger partial charge in [-0.2, -0.15) is 5.10 Å². The fourth-order valence-electron chi connectivity index (χ4n) is 1.80. The van der Waals surface area contributed by atoms with E-state index in [1.54, 1.807) is 4.68 Å². The predicted molar refractivity (Wildman–Crippen MR) is 46.3 cm³/mol. The molecule has 1 aliphatic heterocycles. The van der Waals surface area contributed by atoms with Crippen molar-refractivity contribution in [1.29, 1.82) is 0 Å². The van der Waals surface area contributed by atoms with Crippen molar-refractivity contribution in [3.63, 3.8) is 0 Å². The first-order valence-corrected chi connectivity index (χ1v) is 4.63. The molecule has 3 rings (SSSR count). The molecule has 0 amide bonds. The highest BCUT2D eigenvalue weighted by Crippen LogP contribution is 2.49. The standard InChI is InChI=1S/C9H10N2O3/c12-8(13)6-3-7-11(10-6)4-9(1-2-9)5-14-7/h3H,1-2,4-5H2,(H,12,13). The number of carboxylic acid groups (broad SMARTS) is 1. The lowest BCUT2D eigenvalue weighted by molar-refractivity contribution is 0.0689. The van der Waals surface area contributed by atoms with Crippen LogP contribution in [0.4, 0.5) is 0 Å². The van der Waals surface area contributed by atoms with Gasteiger partial charge < -0.3 is 9.84 Å². The van der Waals surface area contributed by atoms with Gasteiger partial charge in [-0.25, -0.2) is 9.48 Å². The molecule has 2 aliphatic rings. The van der Waals surface area contributed by atoms with Crippen LogP contribution in [0.15, 0.2) is 6.07 Å². The Bertz CT molecular complexity index is 406. The van der Waals surface area contributed by atoms with Gasteiger partial charge in [0, 0.05) is 11.5 Å². The Morgan fingerprint density at radius 3 is 3.07 bits per heavy atom. The summed E-state index contributed by atoms with van der Waals surface area (Å²) in [4.78, 5) is 10.7. The van der Waals surface area contributed by atoms with E-state index in [2.05, 4.69) is 5.10 Å². The summed E-state index contributed by atoms with van der Waals surface area (Å²) < 4.78 is 7.14. The number of carbonyl (C=O) groups is 1. The van der Waals surface area contributed by atoms with E-state index in [-0.39, 0.29) is 11.1 Å². The van der Waals surface area contributed by atoms with E-state index in [1.807, 2.05) is 0 Å². The number of aromatic carboxylic acids is 1. The predicted octanol–water partition coefficient (Wildman–Crippen LogP) is 0.754. The van der Waals surface area contributed by atoms with Crippen LogP contribution in [-0.2, 0) is 6.54 Å². The van der Waals surface area contributed by atoms with Crippen molar-refractivity contribution in [2.24, 2.45) is 5.41 Å². The quantitative estimate of drug-likeness (QED) is 0.716. The number of nitrogens with zero attached hydrogens (tertiary/aromatic N) is 2. The Hall–Kier alpha value is -1.52. The zero-order chi connectivity index (χ0) is 9.76. The molecule has 1 aromatic rings. The molecule has 0 radical (unpaired) electrons. The van der Waals surface area contributed by atoms with Gasteiger partial charge in [-0.15, -0.1) is 0 Å². The summed E-state index contributed by atoms with van der Waals surface area (Å²) in [6.45, 7) is 1.51. The molecule has 14 heavy (non-hydrogen) atoms. The van der Waals surface area contributed by atoms with Crippen molar-refractivity contribution in [2.75, 3.05) is 6.61 Å². The van der Waals surface area contributed by atoms with E-state index in [0.29, 0.717) is 12.5 Å². The summed E-state index contributed by atoms with van der Waals surface area (Å²) in [5.41, 5.74) is 0.326. The van der Waals surface area contributed by atoms with Crippen molar-refractivity contribution in [3.05, 3.63) is 11.8 Å². The Balaban J connectivity index is 1.97. The largest absolute Gasteiger partial charge is 0.477 e. The molecule has 0 aromatic carbocycles. The fourth-order valence-corrected chi connectivity index (χ4v) is 1.80. The summed E-state index contributed by atoms with van der Waals surface area (Å²) in [5, 5.41) is 12.7. The molecule has 0 atom stereocenters. The molecule has 1 fully saturated rings. The van der Waals surface area contributed by atoms with E-state index in [0.717, 1.165) is 19.4 Å². The van der Waals surface area contributed by atoms with Crippen molar-refractivity contribution in [1.82, 2.24) is 9.78 Å². The van der Waals surface area contributed by atoms with E-state index in [4.69, 9.17) is 9.84 Å². The lowest BCUT2D eigenvalue weighted by Crippen LogP contribution is -2.26. The molecule has 74 valence electrons. The van der Waals surface area contributed by atoms with Gasteiger partial charge in [0.15, 0.2) is 5.69 Å². The maximum atomic E-state index is 10.7. The van der Waals surface area contributed by atoms with Crippen molar-refractivity contribution in [3.8, 4) is 5.88 Å². The molecule has 1 aliphatic carbocycles. The minimum atomic E-state index is -1.000. The maximum absolute atomic E-state index is 10.7. The Morgan fingerprint density at radius 1 is 1.64 bits per heavy atom. The molecule has 1 saturated carbocycles. The topological polar surface area (TPSA) is 64.3 Å². The zero-order valence-corrected chi connectivity index (χ0v) is 7.56. The SMILES string of the molecule is O=C(O)c1cc2n(n1)CC1(CC1)CO2. The number of aromatic nitrogens is 2. The highest BCUT2D eigenvalue weighted by Gasteiger charge is 2.47. The highest BCUT2D eigenvalue weighted by atomic mass is 16.5. The second-order valence-electron chi connectivity index (χ2n) is 4.12. The molecule has 1 aromatic heterocycles. The van der Waals surface area contributed by atoms with Crippen LogP contribution in [0.2, 0.25) is 0 Å². The normalized spacial score (nSPS) is 21.4. The van der Waals surface area contributed by atoms with E-state index >= 15 is 0 Å². The van der Waals surface area contributed by atoms with Crippen LogP contribution in [0.5, 0.6) is 5.88 Å². The van der Waals surface area contributed by atoms with E-state index < -0.39 is 5.97 Å². The van der Waals surface area contributed by atoms with E-state index in [1.165, 1.54) is 6.07 Å². The molecule has 0 bridgehead atoms. The van der Waals surface area contributed by atoms with Crippen molar-refractivity contribution < 1.29 is 14.6 Å². The first kappa shape index (κ1) is 7.84. The van der Waals surface area contributed by atoms with Crippen LogP contribution < -0.4 is 4.74 Å². The van der Waals surface area contributed by atoms with Crippen LogP contribution in [0.3, 0.4) is 0 Å². The number of rotatable bonds is 1. The van der Waals surface area contributed by atoms with Gasteiger partial charge in [0.2, 0.25) is 5.88 Å². The van der Waals surface area contributed by atoms with Gasteiger partial charge in [0.25, 0.3) is 0 Å². The Morgan fingerprint density at radius 2 is 2.43 bits per heavy atom. The number of fused-ring (bicyclic) bond motifs is 1. The summed E-state index contributed by atoms with van der Waals surface area (Å²) in [6, 6.07) is 1.48. The second kappa shape index (κ2) is 2.29. The van der Waals surface area contributed by atoms with Gasteiger partial charge in [0.05, 0.1) is 13.2 Å². The number of hydrogen-bond acceptors (Lipinski definition) is 3. The monoisotopic (exact) mass is 194 g/mol. The van der Waals surface area contributed by atoms with Crippen molar-refractivity contribution in [2.45, 2.75) is 19.4 Å². The Labute approximate surface area is 80.3 Å². The summed E-state index contributed by atoms with van der Waals surface area (Å²) in [7, 11) is 0. The first-order valence-electron chi connectivity index (χ1n) is 4.63. The van der Waals surface area contributed by atoms with Crippen LogP contribution >= 0.6 is 0 Å². The highest BCUT2D eigenvalue weighted by molar-refractivity contribution is 5.85. The van der Waals surface area contributed by atoms with Gasteiger partial charge in [-0.1, -0.05) is 0 Å². The van der Waals surface area contributed by atoms with Gasteiger partial charge in [-0.05, 0) is 12.8 Å². The molecular formula is C9H10N2O3. The van der Waals surface area contributed by atoms with Crippen molar-refractivity contribution >= 4 is 5.97 Å². The van der Waals surface area contributed by atoms with Crippen LogP contribution in [0.25, 0.3) is 0 Å². The molecule has 1 N–H and O–H groups in total. The van der Waals surface area contributed by atoms with Gasteiger partial charge in [-0.3, -0.25) is 0 Å². The maximum Gasteiger partial charge on any atom is 0.356 e. The number of carboxylic acids is 1. The van der Waals surface area contributed by atoms with Crippen LogP contribution in [-0.4, -0.2) is 27.5 Å². The van der Waals surface area contributed by atoms with E-state index in [9.17, 15) is 4.79 Å². The summed E-state index contributed by atoms with van der Waals surface area (Å²) >= 11 is 0.